The van der Waals surface area contributed by atoms with Crippen LogP contribution in [-0.2, 0) is 4.74 Å². The summed E-state index contributed by atoms with van der Waals surface area (Å²) < 4.78 is 23.0. The molecule has 0 N–H and O–H groups in total. The third-order valence-corrected chi connectivity index (χ3v) is 2.75. The van der Waals surface area contributed by atoms with E-state index >= 15 is 0 Å². The van der Waals surface area contributed by atoms with Crippen LogP contribution in [-0.4, -0.2) is 26.1 Å². The first-order valence-corrected chi connectivity index (χ1v) is 5.00. The number of methoxy groups -OCH3 is 1. The Morgan fingerprint density at radius 1 is 1.59 bits per heavy atom. The minimum atomic E-state index is -1.19. The Morgan fingerprint density at radius 2 is 2.29 bits per heavy atom. The first-order valence-electron chi connectivity index (χ1n) is 5.00. The maximum absolute atomic E-state index is 13.1. The van der Waals surface area contributed by atoms with Crippen LogP contribution in [0.5, 0.6) is 5.75 Å². The highest BCUT2D eigenvalue weighted by molar-refractivity contribution is 6.05. The molecule has 0 aromatic heterocycles. The molecule has 0 saturated carbocycles. The van der Waals surface area contributed by atoms with E-state index in [1.54, 1.807) is 0 Å². The molecule has 88 valence electrons. The van der Waals surface area contributed by atoms with Crippen molar-refractivity contribution in [3.8, 4) is 11.8 Å². The molecule has 1 heterocycles. The van der Waals surface area contributed by atoms with E-state index in [9.17, 15) is 9.18 Å². The lowest BCUT2D eigenvalue weighted by Crippen LogP contribution is -2.48. The highest BCUT2D eigenvalue weighted by Crippen LogP contribution is 2.34. The zero-order valence-corrected chi connectivity index (χ0v) is 9.20. The van der Waals surface area contributed by atoms with E-state index in [1.165, 1.54) is 19.2 Å². The summed E-state index contributed by atoms with van der Waals surface area (Å²) in [4.78, 5) is 12.2. The number of nitriles is 1. The summed E-state index contributed by atoms with van der Waals surface area (Å²) in [6.07, 6.45) is 0. The molecular weight excluding hydrogens is 225 g/mol. The van der Waals surface area contributed by atoms with Crippen molar-refractivity contribution >= 4 is 5.78 Å². The topological polar surface area (TPSA) is 59.3 Å². The number of carbonyl (C=O) groups excluding carboxylic acids is 1. The van der Waals surface area contributed by atoms with Gasteiger partial charge in [-0.1, -0.05) is 0 Å². The summed E-state index contributed by atoms with van der Waals surface area (Å²) >= 11 is 0. The average molecular weight is 235 g/mol. The van der Waals surface area contributed by atoms with Crippen LogP contribution < -0.4 is 4.74 Å². The van der Waals surface area contributed by atoms with E-state index in [2.05, 4.69) is 0 Å². The molecule has 1 aromatic rings. The molecule has 1 aromatic carbocycles. The first-order chi connectivity index (χ1) is 8.13. The molecule has 2 rings (SSSR count). The fraction of sp³-hybridized carbons (Fsp3) is 0.333. The van der Waals surface area contributed by atoms with E-state index in [4.69, 9.17) is 14.7 Å². The van der Waals surface area contributed by atoms with Gasteiger partial charge in [-0.2, -0.15) is 5.26 Å². The van der Waals surface area contributed by atoms with Gasteiger partial charge in [0.15, 0.2) is 11.2 Å². The smallest absolute Gasteiger partial charge is 0.191 e. The SMILES string of the molecule is COc1ccc(F)cc1C(=O)C1(C#N)COC1. The Labute approximate surface area is 97.6 Å². The second-order valence-corrected chi connectivity index (χ2v) is 3.86. The van der Waals surface area contributed by atoms with Crippen molar-refractivity contribution in [1.29, 1.82) is 5.26 Å². The number of ketones is 1. The molecule has 0 aliphatic carbocycles. The van der Waals surface area contributed by atoms with Crippen molar-refractivity contribution in [3.05, 3.63) is 29.6 Å². The van der Waals surface area contributed by atoms with Crippen molar-refractivity contribution in [2.75, 3.05) is 20.3 Å². The largest absolute Gasteiger partial charge is 0.496 e. The number of hydrogen-bond donors (Lipinski definition) is 0. The normalized spacial score (nSPS) is 16.8. The Bertz CT molecular complexity index is 503. The first kappa shape index (κ1) is 11.6. The second-order valence-electron chi connectivity index (χ2n) is 3.86. The van der Waals surface area contributed by atoms with Crippen LogP contribution in [0.25, 0.3) is 0 Å². The van der Waals surface area contributed by atoms with Crippen LogP contribution in [0.1, 0.15) is 10.4 Å². The summed E-state index contributed by atoms with van der Waals surface area (Å²) in [6, 6.07) is 5.58. The second kappa shape index (κ2) is 4.15. The van der Waals surface area contributed by atoms with Gasteiger partial charge in [-0.3, -0.25) is 4.79 Å². The average Bonchev–Trinajstić information content (AvgIpc) is 2.28. The molecular formula is C12H10FNO3. The maximum Gasteiger partial charge on any atom is 0.191 e. The van der Waals surface area contributed by atoms with Crippen molar-refractivity contribution in [1.82, 2.24) is 0 Å². The van der Waals surface area contributed by atoms with Gasteiger partial charge in [0.25, 0.3) is 0 Å². The van der Waals surface area contributed by atoms with Gasteiger partial charge < -0.3 is 9.47 Å². The van der Waals surface area contributed by atoms with Crippen molar-refractivity contribution < 1.29 is 18.7 Å². The molecule has 5 heteroatoms. The summed E-state index contributed by atoms with van der Waals surface area (Å²) in [5, 5.41) is 9.02. The molecule has 1 fully saturated rings. The van der Waals surface area contributed by atoms with Gasteiger partial charge in [0.2, 0.25) is 0 Å². The van der Waals surface area contributed by atoms with Crippen LogP contribution in [0.4, 0.5) is 4.39 Å². The van der Waals surface area contributed by atoms with E-state index in [0.717, 1.165) is 6.07 Å². The summed E-state index contributed by atoms with van der Waals surface area (Å²) in [6.45, 7) is 0.0873. The van der Waals surface area contributed by atoms with Gasteiger partial charge in [0, 0.05) is 0 Å². The summed E-state index contributed by atoms with van der Waals surface area (Å²) in [5.41, 5.74) is -1.11. The minimum Gasteiger partial charge on any atom is -0.496 e. The van der Waals surface area contributed by atoms with Gasteiger partial charge in [-0.05, 0) is 18.2 Å². The van der Waals surface area contributed by atoms with Crippen LogP contribution in [0, 0.1) is 22.6 Å². The lowest BCUT2D eigenvalue weighted by atomic mass is 9.79. The number of hydrogen-bond acceptors (Lipinski definition) is 4. The zero-order valence-electron chi connectivity index (χ0n) is 9.20. The summed E-state index contributed by atoms with van der Waals surface area (Å²) in [5.74, 6) is -0.733. The Hall–Kier alpha value is -1.93. The van der Waals surface area contributed by atoms with Crippen molar-refractivity contribution in [3.63, 3.8) is 0 Å². The molecule has 1 saturated heterocycles. The van der Waals surface area contributed by atoms with E-state index in [1.807, 2.05) is 6.07 Å². The zero-order chi connectivity index (χ0) is 12.5. The van der Waals surface area contributed by atoms with Gasteiger partial charge in [0.1, 0.15) is 11.6 Å². The molecule has 17 heavy (non-hydrogen) atoms. The molecule has 1 aliphatic rings. The molecule has 0 atom stereocenters. The van der Waals surface area contributed by atoms with E-state index < -0.39 is 17.0 Å². The Kier molecular flexibility index (Phi) is 2.82. The van der Waals surface area contributed by atoms with Crippen LogP contribution in [0.15, 0.2) is 18.2 Å². The number of nitrogens with zero attached hydrogens (tertiary/aromatic N) is 1. The molecule has 0 spiro atoms. The number of carbonyl (C=O) groups is 1. The number of benzene rings is 1. The third-order valence-electron chi connectivity index (χ3n) is 2.75. The number of Topliss-reactive ketones (excluding diaryl/α,β-unsaturated/α-hetero) is 1. The van der Waals surface area contributed by atoms with Crippen LogP contribution in [0.2, 0.25) is 0 Å². The standard InChI is InChI=1S/C12H10FNO3/c1-16-10-3-2-8(13)4-9(10)11(15)12(5-14)6-17-7-12/h2-4H,6-7H2,1H3. The molecule has 4 nitrogen and oxygen atoms in total. The van der Waals surface area contributed by atoms with E-state index in [-0.39, 0.29) is 24.5 Å². The number of ether oxygens (including phenoxy) is 2. The lowest BCUT2D eigenvalue weighted by molar-refractivity contribution is -0.0567. The van der Waals surface area contributed by atoms with Crippen LogP contribution >= 0.6 is 0 Å². The van der Waals surface area contributed by atoms with Gasteiger partial charge in [0.05, 0.1) is 32.0 Å². The predicted octanol–water partition coefficient (Wildman–Crippen LogP) is 1.56. The lowest BCUT2D eigenvalue weighted by Gasteiger charge is -2.33. The van der Waals surface area contributed by atoms with Crippen molar-refractivity contribution in [2.24, 2.45) is 5.41 Å². The highest BCUT2D eigenvalue weighted by Gasteiger charge is 2.47. The molecule has 0 bridgehead atoms. The Morgan fingerprint density at radius 3 is 2.76 bits per heavy atom. The number of rotatable bonds is 3. The third kappa shape index (κ3) is 1.77. The molecule has 0 unspecified atom stereocenters. The molecule has 0 amide bonds. The van der Waals surface area contributed by atoms with Crippen molar-refractivity contribution in [2.45, 2.75) is 0 Å². The number of halogens is 1. The fourth-order valence-electron chi connectivity index (χ4n) is 1.67. The maximum atomic E-state index is 13.1. The predicted molar refractivity (Wildman–Crippen MR) is 56.1 cm³/mol. The fourth-order valence-corrected chi connectivity index (χ4v) is 1.67. The Balaban J connectivity index is 2.43. The van der Waals surface area contributed by atoms with Gasteiger partial charge in [-0.25, -0.2) is 4.39 Å². The monoisotopic (exact) mass is 235 g/mol. The molecule has 1 aliphatic heterocycles. The quantitative estimate of drug-likeness (QED) is 0.746. The van der Waals surface area contributed by atoms with Gasteiger partial charge in [-0.15, -0.1) is 0 Å². The summed E-state index contributed by atoms with van der Waals surface area (Å²) in [7, 11) is 1.39. The minimum absolute atomic E-state index is 0.0437. The highest BCUT2D eigenvalue weighted by atomic mass is 19.1. The van der Waals surface area contributed by atoms with Crippen LogP contribution in [0.3, 0.4) is 0 Å². The van der Waals surface area contributed by atoms with E-state index in [0.29, 0.717) is 0 Å². The van der Waals surface area contributed by atoms with Gasteiger partial charge >= 0.3 is 0 Å². The molecule has 0 radical (unpaired) electrons.